The number of hydrogen-bond acceptors (Lipinski definition) is 7. The van der Waals surface area contributed by atoms with Crippen molar-refractivity contribution in [1.82, 2.24) is 23.7 Å². The second-order valence-corrected chi connectivity index (χ2v) is 9.76. The molecule has 9 nitrogen and oxygen atoms in total. The van der Waals surface area contributed by atoms with Crippen LogP contribution in [0, 0.1) is 13.8 Å². The maximum Gasteiger partial charge on any atom is 0.332 e. The van der Waals surface area contributed by atoms with Gasteiger partial charge in [0.1, 0.15) is 6.10 Å². The second kappa shape index (κ2) is 8.75. The molecule has 0 atom stereocenters. The number of nitrogens with zero attached hydrogens (tertiary/aromatic N) is 6. The Balaban J connectivity index is 1.49. The van der Waals surface area contributed by atoms with Gasteiger partial charge in [-0.05, 0) is 19.4 Å². The van der Waals surface area contributed by atoms with Crippen LogP contribution in [0.1, 0.15) is 29.7 Å². The first kappa shape index (κ1) is 22.4. The molecule has 1 aliphatic rings. The number of imidazole rings is 1. The molecule has 1 fully saturated rings. The number of rotatable bonds is 5. The Morgan fingerprint density at radius 2 is 1.85 bits per heavy atom. The zero-order valence-corrected chi connectivity index (χ0v) is 20.6. The van der Waals surface area contributed by atoms with Crippen LogP contribution in [-0.4, -0.2) is 42.9 Å². The van der Waals surface area contributed by atoms with Gasteiger partial charge in [-0.25, -0.2) is 9.78 Å². The Bertz CT molecular complexity index is 1470. The fourth-order valence-electron chi connectivity index (χ4n) is 4.46. The van der Waals surface area contributed by atoms with Gasteiger partial charge < -0.3 is 9.64 Å². The van der Waals surface area contributed by atoms with Gasteiger partial charge in [-0.1, -0.05) is 29.8 Å². The third-order valence-corrected chi connectivity index (χ3v) is 7.35. The van der Waals surface area contributed by atoms with E-state index in [1.165, 1.54) is 11.6 Å². The van der Waals surface area contributed by atoms with Crippen LogP contribution in [0.25, 0.3) is 11.2 Å². The lowest BCUT2D eigenvalue weighted by Crippen LogP contribution is -2.38. The molecule has 0 radical (unpaired) electrons. The number of aromatic nitrogens is 5. The van der Waals surface area contributed by atoms with Crippen molar-refractivity contribution in [2.24, 2.45) is 14.1 Å². The van der Waals surface area contributed by atoms with Crippen molar-refractivity contribution in [2.75, 3.05) is 18.0 Å². The number of anilines is 1. The average Bonchev–Trinajstić information content (AvgIpc) is 3.41. The highest BCUT2D eigenvalue weighted by molar-refractivity contribution is 7.13. The maximum absolute atomic E-state index is 13.1. The fraction of sp³-hybridized carbons (Fsp3) is 0.417. The summed E-state index contributed by atoms with van der Waals surface area (Å²) in [5.74, 6) is 0. The summed E-state index contributed by atoms with van der Waals surface area (Å²) in [6.07, 6.45) is 1.61. The van der Waals surface area contributed by atoms with Gasteiger partial charge in [0.2, 0.25) is 0 Å². The van der Waals surface area contributed by atoms with Crippen LogP contribution in [0.5, 0.6) is 6.01 Å². The van der Waals surface area contributed by atoms with Crippen LogP contribution in [0.3, 0.4) is 0 Å². The molecule has 10 heteroatoms. The lowest BCUT2D eigenvalue weighted by Gasteiger charge is -2.31. The predicted molar refractivity (Wildman–Crippen MR) is 133 cm³/mol. The number of aryl methyl sites for hydroxylation is 3. The van der Waals surface area contributed by atoms with Crippen LogP contribution in [0.15, 0.2) is 39.2 Å². The smallest absolute Gasteiger partial charge is 0.332 e. The molecule has 0 aliphatic carbocycles. The Hall–Kier alpha value is -3.40. The van der Waals surface area contributed by atoms with Crippen LogP contribution < -0.4 is 20.9 Å². The molecule has 4 aromatic rings. The first-order valence-corrected chi connectivity index (χ1v) is 12.3. The topological polar surface area (TPSA) is 87.2 Å². The Labute approximate surface area is 200 Å². The number of benzene rings is 1. The van der Waals surface area contributed by atoms with Crippen molar-refractivity contribution in [1.29, 1.82) is 0 Å². The molecule has 1 saturated heterocycles. The number of ether oxygens (including phenoxy) is 1. The number of fused-ring (bicyclic) bond motifs is 1. The molecule has 1 aliphatic heterocycles. The highest BCUT2D eigenvalue weighted by Gasteiger charge is 2.26. The minimum atomic E-state index is -0.406. The molecule has 0 unspecified atom stereocenters. The standard InChI is InChI=1S/C24H28N6O3S/c1-15-6-5-7-17(12-15)13-30-19-20(27(3)24(32)28(4)21(19)31)26-22(30)33-18-8-10-29(11-9-18)23-25-16(2)14-34-23/h5-7,12,14,18H,8-11,13H2,1-4H3. The van der Waals surface area contributed by atoms with E-state index >= 15 is 0 Å². The van der Waals surface area contributed by atoms with E-state index in [0.29, 0.717) is 23.7 Å². The molecule has 178 valence electrons. The van der Waals surface area contributed by atoms with E-state index in [4.69, 9.17) is 4.74 Å². The monoisotopic (exact) mass is 480 g/mol. The summed E-state index contributed by atoms with van der Waals surface area (Å²) in [4.78, 5) is 37.1. The Morgan fingerprint density at radius 3 is 2.53 bits per heavy atom. The van der Waals surface area contributed by atoms with Crippen LogP contribution >= 0.6 is 11.3 Å². The molecule has 1 aromatic carbocycles. The van der Waals surface area contributed by atoms with Crippen molar-refractivity contribution in [3.8, 4) is 6.01 Å². The summed E-state index contributed by atoms with van der Waals surface area (Å²) in [6.45, 7) is 6.16. The molecule has 0 saturated carbocycles. The zero-order valence-electron chi connectivity index (χ0n) is 19.8. The summed E-state index contributed by atoms with van der Waals surface area (Å²) in [5, 5.41) is 3.11. The van der Waals surface area contributed by atoms with E-state index in [2.05, 4.69) is 26.3 Å². The van der Waals surface area contributed by atoms with E-state index in [0.717, 1.165) is 52.5 Å². The van der Waals surface area contributed by atoms with Gasteiger partial charge in [0.15, 0.2) is 16.3 Å². The van der Waals surface area contributed by atoms with E-state index < -0.39 is 5.69 Å². The van der Waals surface area contributed by atoms with Gasteiger partial charge >= 0.3 is 5.69 Å². The van der Waals surface area contributed by atoms with E-state index in [1.54, 1.807) is 18.4 Å². The third-order valence-electron chi connectivity index (χ3n) is 6.33. The summed E-state index contributed by atoms with van der Waals surface area (Å²) < 4.78 is 10.7. The maximum atomic E-state index is 13.1. The van der Waals surface area contributed by atoms with Crippen molar-refractivity contribution >= 4 is 27.6 Å². The lowest BCUT2D eigenvalue weighted by atomic mass is 10.1. The number of piperidine rings is 1. The third kappa shape index (κ3) is 4.02. The molecule has 3 aromatic heterocycles. The Morgan fingerprint density at radius 1 is 1.09 bits per heavy atom. The molecule has 34 heavy (non-hydrogen) atoms. The van der Waals surface area contributed by atoms with Gasteiger partial charge in [0.05, 0.1) is 12.2 Å². The Kier molecular flexibility index (Phi) is 5.76. The molecular weight excluding hydrogens is 452 g/mol. The quantitative estimate of drug-likeness (QED) is 0.436. The summed E-state index contributed by atoms with van der Waals surface area (Å²) in [5.41, 5.74) is 3.14. The molecule has 0 spiro atoms. The molecule has 0 amide bonds. The van der Waals surface area contributed by atoms with Gasteiger partial charge in [-0.15, -0.1) is 11.3 Å². The van der Waals surface area contributed by atoms with E-state index in [-0.39, 0.29) is 11.7 Å². The number of hydrogen-bond donors (Lipinski definition) is 0. The average molecular weight is 481 g/mol. The first-order valence-electron chi connectivity index (χ1n) is 11.4. The van der Waals surface area contributed by atoms with Gasteiger partial charge in [-0.3, -0.25) is 18.5 Å². The van der Waals surface area contributed by atoms with Crippen molar-refractivity contribution in [3.05, 3.63) is 67.3 Å². The SMILES string of the molecule is Cc1cccc(Cn2c(OC3CCN(c4nc(C)cs4)CC3)nc3c2c(=O)n(C)c(=O)n3C)c1. The molecule has 0 bridgehead atoms. The molecule has 0 N–H and O–H groups in total. The van der Waals surface area contributed by atoms with Crippen LogP contribution in [0.2, 0.25) is 0 Å². The summed E-state index contributed by atoms with van der Waals surface area (Å²) >= 11 is 1.66. The minimum Gasteiger partial charge on any atom is -0.461 e. The van der Waals surface area contributed by atoms with Crippen LogP contribution in [-0.2, 0) is 20.6 Å². The van der Waals surface area contributed by atoms with Crippen molar-refractivity contribution in [2.45, 2.75) is 39.3 Å². The highest BCUT2D eigenvalue weighted by atomic mass is 32.1. The molecule has 5 rings (SSSR count). The van der Waals surface area contributed by atoms with Gasteiger partial charge in [0.25, 0.3) is 11.6 Å². The minimum absolute atomic E-state index is 0.0359. The highest BCUT2D eigenvalue weighted by Crippen LogP contribution is 2.27. The fourth-order valence-corrected chi connectivity index (χ4v) is 5.31. The molecular formula is C24H28N6O3S. The van der Waals surface area contributed by atoms with Crippen LogP contribution in [0.4, 0.5) is 5.13 Å². The van der Waals surface area contributed by atoms with Gasteiger partial charge in [0, 0.05) is 45.4 Å². The zero-order chi connectivity index (χ0) is 24.0. The normalized spacial score (nSPS) is 14.8. The lowest BCUT2D eigenvalue weighted by molar-refractivity contribution is 0.151. The van der Waals surface area contributed by atoms with Crippen molar-refractivity contribution < 1.29 is 4.74 Å². The van der Waals surface area contributed by atoms with E-state index in [1.807, 2.05) is 36.6 Å². The summed E-state index contributed by atoms with van der Waals surface area (Å²) in [6, 6.07) is 8.50. The number of thiazole rings is 1. The second-order valence-electron chi connectivity index (χ2n) is 8.92. The summed E-state index contributed by atoms with van der Waals surface area (Å²) in [7, 11) is 3.12. The largest absolute Gasteiger partial charge is 0.461 e. The first-order chi connectivity index (χ1) is 16.3. The molecule has 4 heterocycles. The van der Waals surface area contributed by atoms with Crippen molar-refractivity contribution in [3.63, 3.8) is 0 Å². The van der Waals surface area contributed by atoms with Gasteiger partial charge in [-0.2, -0.15) is 4.98 Å². The van der Waals surface area contributed by atoms with E-state index in [9.17, 15) is 9.59 Å². The predicted octanol–water partition coefficient (Wildman–Crippen LogP) is 2.60.